The molecule has 0 unspecified atom stereocenters. The van der Waals surface area contributed by atoms with E-state index in [0.29, 0.717) is 29.4 Å². The minimum absolute atomic E-state index is 0.108. The first-order chi connectivity index (χ1) is 12.2. The number of carbonyl (C=O) groups excluding carboxylic acids is 1. The van der Waals surface area contributed by atoms with Crippen LogP contribution in [0.4, 0.5) is 0 Å². The molecule has 126 valence electrons. The zero-order chi connectivity index (χ0) is 17.6. The number of pyridine rings is 1. The lowest BCUT2D eigenvalue weighted by Gasteiger charge is -2.02. The molecule has 0 saturated carbocycles. The van der Waals surface area contributed by atoms with E-state index in [1.807, 2.05) is 6.07 Å². The summed E-state index contributed by atoms with van der Waals surface area (Å²) in [5, 5.41) is 23.8. The molecule has 0 bridgehead atoms. The first kappa shape index (κ1) is 16.6. The first-order valence-electron chi connectivity index (χ1n) is 7.44. The largest absolute Gasteiger partial charge is 0.506 e. The van der Waals surface area contributed by atoms with Crippen LogP contribution < -0.4 is 5.32 Å². The Morgan fingerprint density at radius 3 is 3.00 bits per heavy atom. The Hall–Kier alpha value is -3.25. The van der Waals surface area contributed by atoms with Gasteiger partial charge < -0.3 is 15.4 Å². The van der Waals surface area contributed by atoms with Gasteiger partial charge in [0.15, 0.2) is 0 Å². The quantitative estimate of drug-likeness (QED) is 0.614. The van der Waals surface area contributed by atoms with Crippen LogP contribution in [0, 0.1) is 11.3 Å². The number of rotatable bonds is 6. The molecule has 3 N–H and O–H groups in total. The average molecular weight is 354 g/mol. The molecule has 25 heavy (non-hydrogen) atoms. The predicted octanol–water partition coefficient (Wildman–Crippen LogP) is 1.41. The lowest BCUT2D eigenvalue weighted by molar-refractivity contribution is -0.120. The van der Waals surface area contributed by atoms with Crippen molar-refractivity contribution in [1.29, 1.82) is 5.26 Å². The van der Waals surface area contributed by atoms with Gasteiger partial charge in [-0.05, 0) is 0 Å². The summed E-state index contributed by atoms with van der Waals surface area (Å²) < 4.78 is 0. The normalized spacial score (nSPS) is 10.4. The van der Waals surface area contributed by atoms with Gasteiger partial charge in [-0.3, -0.25) is 4.79 Å². The summed E-state index contributed by atoms with van der Waals surface area (Å²) in [6.07, 6.45) is 5.56. The number of carbonyl (C=O) groups is 1. The number of aromatic amines is 1. The van der Waals surface area contributed by atoms with Crippen LogP contribution in [0.15, 0.2) is 30.2 Å². The SMILES string of the molecule is N#Cc1cnc(-c2nc(CC(=O)NCCc3c[nH]cn3)cs2)c(O)c1. The number of aromatic hydroxyl groups is 1. The van der Waals surface area contributed by atoms with Gasteiger partial charge in [-0.2, -0.15) is 5.26 Å². The molecule has 3 aromatic rings. The van der Waals surface area contributed by atoms with Gasteiger partial charge in [0.25, 0.3) is 0 Å². The number of imidazole rings is 1. The number of thiazole rings is 1. The highest BCUT2D eigenvalue weighted by atomic mass is 32.1. The van der Waals surface area contributed by atoms with Crippen molar-refractivity contribution in [2.45, 2.75) is 12.8 Å². The summed E-state index contributed by atoms with van der Waals surface area (Å²) >= 11 is 1.28. The summed E-state index contributed by atoms with van der Waals surface area (Å²) in [6.45, 7) is 0.499. The van der Waals surface area contributed by atoms with Crippen LogP contribution in [0.1, 0.15) is 17.0 Å². The van der Waals surface area contributed by atoms with Gasteiger partial charge in [-0.15, -0.1) is 11.3 Å². The third-order valence-electron chi connectivity index (χ3n) is 3.35. The lowest BCUT2D eigenvalue weighted by atomic mass is 10.2. The van der Waals surface area contributed by atoms with Crippen molar-refractivity contribution in [2.24, 2.45) is 0 Å². The van der Waals surface area contributed by atoms with Crippen molar-refractivity contribution < 1.29 is 9.90 Å². The number of nitriles is 1. The van der Waals surface area contributed by atoms with Crippen LogP contribution in [0.3, 0.4) is 0 Å². The van der Waals surface area contributed by atoms with E-state index in [0.717, 1.165) is 5.69 Å². The van der Waals surface area contributed by atoms with Crippen LogP contribution in [-0.4, -0.2) is 37.5 Å². The Morgan fingerprint density at radius 2 is 2.28 bits per heavy atom. The second-order valence-corrected chi connectivity index (χ2v) is 6.04. The zero-order valence-electron chi connectivity index (χ0n) is 13.1. The maximum atomic E-state index is 12.0. The van der Waals surface area contributed by atoms with Crippen molar-refractivity contribution in [3.63, 3.8) is 0 Å². The molecule has 0 fully saturated rings. The number of aromatic nitrogens is 4. The maximum Gasteiger partial charge on any atom is 0.226 e. The van der Waals surface area contributed by atoms with Crippen molar-refractivity contribution in [3.8, 4) is 22.5 Å². The second-order valence-electron chi connectivity index (χ2n) is 5.18. The zero-order valence-corrected chi connectivity index (χ0v) is 13.9. The van der Waals surface area contributed by atoms with Gasteiger partial charge in [-0.1, -0.05) is 0 Å². The highest BCUT2D eigenvalue weighted by Gasteiger charge is 2.13. The summed E-state index contributed by atoms with van der Waals surface area (Å²) in [7, 11) is 0. The van der Waals surface area contributed by atoms with Gasteiger partial charge >= 0.3 is 0 Å². The standard InChI is InChI=1S/C16H14N6O2S/c17-5-10-3-13(23)15(20-6-10)16-22-12(8-25-16)4-14(24)19-2-1-11-7-18-9-21-11/h3,6-9,23H,1-2,4H2,(H,18,21)(H,19,24). The van der Waals surface area contributed by atoms with Gasteiger partial charge in [-0.25, -0.2) is 15.0 Å². The van der Waals surface area contributed by atoms with Crippen molar-refractivity contribution in [1.82, 2.24) is 25.3 Å². The maximum absolute atomic E-state index is 12.0. The van der Waals surface area contributed by atoms with Crippen LogP contribution in [-0.2, 0) is 17.6 Å². The van der Waals surface area contributed by atoms with Gasteiger partial charge in [0.05, 0.1) is 29.7 Å². The summed E-state index contributed by atoms with van der Waals surface area (Å²) in [5.74, 6) is -0.243. The molecule has 0 radical (unpaired) electrons. The molecule has 8 nitrogen and oxygen atoms in total. The van der Waals surface area contributed by atoms with E-state index in [1.165, 1.54) is 23.6 Å². The first-order valence-corrected chi connectivity index (χ1v) is 8.32. The highest BCUT2D eigenvalue weighted by molar-refractivity contribution is 7.13. The molecule has 0 atom stereocenters. The topological polar surface area (TPSA) is 128 Å². The predicted molar refractivity (Wildman–Crippen MR) is 90.7 cm³/mol. The molecule has 0 aliphatic heterocycles. The molecule has 3 heterocycles. The van der Waals surface area contributed by atoms with Crippen LogP contribution in [0.2, 0.25) is 0 Å². The van der Waals surface area contributed by atoms with Crippen LogP contribution in [0.25, 0.3) is 10.7 Å². The smallest absolute Gasteiger partial charge is 0.226 e. The molecule has 0 spiro atoms. The Bertz CT molecular complexity index is 913. The number of hydrogen-bond acceptors (Lipinski definition) is 7. The van der Waals surface area contributed by atoms with Crippen LogP contribution >= 0.6 is 11.3 Å². The molecular weight excluding hydrogens is 340 g/mol. The van der Waals surface area contributed by atoms with E-state index in [4.69, 9.17) is 5.26 Å². The fourth-order valence-electron chi connectivity index (χ4n) is 2.16. The number of amides is 1. The molecule has 3 aromatic heterocycles. The molecule has 0 saturated heterocycles. The molecule has 0 aliphatic rings. The molecule has 1 amide bonds. The minimum atomic E-state index is -0.135. The monoisotopic (exact) mass is 354 g/mol. The van der Waals surface area contributed by atoms with E-state index in [1.54, 1.807) is 17.9 Å². The summed E-state index contributed by atoms with van der Waals surface area (Å²) in [6, 6.07) is 3.25. The Morgan fingerprint density at radius 1 is 1.40 bits per heavy atom. The van der Waals surface area contributed by atoms with E-state index in [-0.39, 0.29) is 23.6 Å². The van der Waals surface area contributed by atoms with Gasteiger partial charge in [0.1, 0.15) is 22.5 Å². The number of nitrogens with zero attached hydrogens (tertiary/aromatic N) is 4. The average Bonchev–Trinajstić information content (AvgIpc) is 3.27. The third kappa shape index (κ3) is 4.19. The molecular formula is C16H14N6O2S. The Balaban J connectivity index is 1.58. The summed E-state index contributed by atoms with van der Waals surface area (Å²) in [4.78, 5) is 27.3. The van der Waals surface area contributed by atoms with Gasteiger partial charge in [0.2, 0.25) is 5.91 Å². The number of hydrogen-bond donors (Lipinski definition) is 3. The minimum Gasteiger partial charge on any atom is -0.506 e. The van der Waals surface area contributed by atoms with Crippen molar-refractivity contribution in [2.75, 3.05) is 6.54 Å². The molecule has 0 aromatic carbocycles. The Labute approximate surface area is 147 Å². The Kier molecular flexibility index (Phi) is 5.01. The number of H-pyrrole nitrogens is 1. The van der Waals surface area contributed by atoms with E-state index >= 15 is 0 Å². The van der Waals surface area contributed by atoms with Crippen LogP contribution in [0.5, 0.6) is 5.75 Å². The number of nitrogens with one attached hydrogen (secondary N) is 2. The fourth-order valence-corrected chi connectivity index (χ4v) is 2.98. The molecule has 0 aliphatic carbocycles. The highest BCUT2D eigenvalue weighted by Crippen LogP contribution is 2.30. The van der Waals surface area contributed by atoms with E-state index < -0.39 is 0 Å². The third-order valence-corrected chi connectivity index (χ3v) is 4.25. The van der Waals surface area contributed by atoms with Crippen molar-refractivity contribution in [3.05, 3.63) is 47.1 Å². The van der Waals surface area contributed by atoms with E-state index in [9.17, 15) is 9.90 Å². The van der Waals surface area contributed by atoms with Crippen molar-refractivity contribution >= 4 is 17.2 Å². The second kappa shape index (κ2) is 7.55. The van der Waals surface area contributed by atoms with Gasteiger partial charge in [0, 0.05) is 36.8 Å². The molecule has 3 rings (SSSR count). The molecule has 9 heteroatoms. The summed E-state index contributed by atoms with van der Waals surface area (Å²) in [5.41, 5.74) is 2.06. The lowest BCUT2D eigenvalue weighted by Crippen LogP contribution is -2.27. The van der Waals surface area contributed by atoms with E-state index in [2.05, 4.69) is 25.3 Å². The fraction of sp³-hybridized carbons (Fsp3) is 0.188.